The fourth-order valence-electron chi connectivity index (χ4n) is 4.12. The van der Waals surface area contributed by atoms with Crippen molar-refractivity contribution in [3.05, 3.63) is 83.7 Å². The van der Waals surface area contributed by atoms with E-state index in [1.54, 1.807) is 0 Å². The number of aromatic nitrogens is 2. The van der Waals surface area contributed by atoms with Gasteiger partial charge in [-0.3, -0.25) is 4.98 Å². The molecule has 5 rings (SSSR count). The molecule has 0 radical (unpaired) electrons. The van der Waals surface area contributed by atoms with Crippen LogP contribution >= 0.6 is 0 Å². The van der Waals surface area contributed by atoms with Crippen molar-refractivity contribution in [2.45, 2.75) is 38.8 Å². The molecule has 5 heteroatoms. The van der Waals surface area contributed by atoms with E-state index in [0.29, 0.717) is 13.1 Å². The second kappa shape index (κ2) is 8.34. The molecule has 0 spiro atoms. The number of anilines is 2. The summed E-state index contributed by atoms with van der Waals surface area (Å²) in [5.74, 6) is 0.749. The molecule has 1 aliphatic rings. The molecule has 4 aromatic rings. The van der Waals surface area contributed by atoms with E-state index in [1.807, 2.05) is 18.5 Å². The zero-order valence-electron chi connectivity index (χ0n) is 18.5. The number of nitrogens with zero attached hydrogens (tertiary/aromatic N) is 2. The van der Waals surface area contributed by atoms with Crippen molar-refractivity contribution in [1.82, 2.24) is 15.3 Å². The topological polar surface area (TPSA) is 70.1 Å². The van der Waals surface area contributed by atoms with Crippen molar-refractivity contribution >= 4 is 22.4 Å². The first-order chi connectivity index (χ1) is 15.5. The van der Waals surface area contributed by atoms with E-state index in [4.69, 9.17) is 4.98 Å². The summed E-state index contributed by atoms with van der Waals surface area (Å²) in [5.41, 5.74) is 7.37. The van der Waals surface area contributed by atoms with E-state index < -0.39 is 5.60 Å². The summed E-state index contributed by atoms with van der Waals surface area (Å²) in [7, 11) is 0. The number of fused-ring (bicyclic) bond motifs is 1. The van der Waals surface area contributed by atoms with Gasteiger partial charge in [-0.25, -0.2) is 4.98 Å². The van der Waals surface area contributed by atoms with Crippen molar-refractivity contribution in [3.8, 4) is 11.1 Å². The highest BCUT2D eigenvalue weighted by Gasteiger charge is 2.39. The highest BCUT2D eigenvalue weighted by molar-refractivity contribution is 5.91. The molecule has 32 heavy (non-hydrogen) atoms. The van der Waals surface area contributed by atoms with Crippen molar-refractivity contribution in [2.75, 3.05) is 11.9 Å². The largest absolute Gasteiger partial charge is 0.389 e. The summed E-state index contributed by atoms with van der Waals surface area (Å²) in [6.07, 6.45) is 5.48. The summed E-state index contributed by atoms with van der Waals surface area (Å²) < 4.78 is 0. The zero-order chi connectivity index (χ0) is 22.1. The number of hydrogen-bond donors (Lipinski definition) is 3. The highest BCUT2D eigenvalue weighted by atomic mass is 16.3. The van der Waals surface area contributed by atoms with Crippen LogP contribution in [0.3, 0.4) is 0 Å². The van der Waals surface area contributed by atoms with Crippen LogP contribution in [0.2, 0.25) is 0 Å². The predicted octanol–water partition coefficient (Wildman–Crippen LogP) is 5.27. The number of aliphatic hydroxyl groups is 1. The van der Waals surface area contributed by atoms with Gasteiger partial charge in [-0.05, 0) is 72.7 Å². The van der Waals surface area contributed by atoms with Crippen molar-refractivity contribution in [2.24, 2.45) is 0 Å². The highest BCUT2D eigenvalue weighted by Crippen LogP contribution is 2.34. The summed E-state index contributed by atoms with van der Waals surface area (Å²) in [6.45, 7) is 5.60. The lowest BCUT2D eigenvalue weighted by Crippen LogP contribution is -2.27. The van der Waals surface area contributed by atoms with Gasteiger partial charge < -0.3 is 15.7 Å². The SMILES string of the molecule is Cc1ccccc1-c1cccc(Nc2nccc3cc(CNCC4(O)CC4)cnc23)c1C. The first kappa shape index (κ1) is 20.6. The van der Waals surface area contributed by atoms with Crippen LogP contribution < -0.4 is 10.6 Å². The zero-order valence-corrected chi connectivity index (χ0v) is 18.5. The van der Waals surface area contributed by atoms with Crippen molar-refractivity contribution in [1.29, 1.82) is 0 Å². The molecule has 0 bridgehead atoms. The van der Waals surface area contributed by atoms with Crippen molar-refractivity contribution in [3.63, 3.8) is 0 Å². The summed E-state index contributed by atoms with van der Waals surface area (Å²) in [4.78, 5) is 9.28. The molecule has 0 amide bonds. The maximum atomic E-state index is 9.99. The first-order valence-electron chi connectivity index (χ1n) is 11.1. The Labute approximate surface area is 188 Å². The molecule has 2 heterocycles. The van der Waals surface area contributed by atoms with Gasteiger partial charge in [0.05, 0.1) is 5.60 Å². The average Bonchev–Trinajstić information content (AvgIpc) is 3.53. The molecule has 0 saturated heterocycles. The number of pyridine rings is 2. The van der Waals surface area contributed by atoms with Crippen molar-refractivity contribution < 1.29 is 5.11 Å². The number of benzene rings is 2. The van der Waals surface area contributed by atoms with E-state index in [2.05, 4.69) is 78.0 Å². The van der Waals surface area contributed by atoms with Crippen LogP contribution in [-0.4, -0.2) is 27.2 Å². The molecule has 0 atom stereocenters. The number of nitrogens with one attached hydrogen (secondary N) is 2. The molecule has 2 aromatic carbocycles. The minimum absolute atomic E-state index is 0.490. The van der Waals surface area contributed by atoms with Gasteiger partial charge >= 0.3 is 0 Å². The molecule has 162 valence electrons. The lowest BCUT2D eigenvalue weighted by molar-refractivity contribution is 0.147. The molecular weight excluding hydrogens is 396 g/mol. The van der Waals surface area contributed by atoms with Crippen LogP contribution in [0.25, 0.3) is 22.0 Å². The smallest absolute Gasteiger partial charge is 0.156 e. The van der Waals surface area contributed by atoms with Gasteiger partial charge in [0, 0.05) is 36.6 Å². The Morgan fingerprint density at radius 2 is 1.78 bits per heavy atom. The monoisotopic (exact) mass is 424 g/mol. The Morgan fingerprint density at radius 3 is 2.59 bits per heavy atom. The predicted molar refractivity (Wildman–Crippen MR) is 130 cm³/mol. The Hall–Kier alpha value is -3.28. The van der Waals surface area contributed by atoms with Gasteiger partial charge in [0.1, 0.15) is 5.52 Å². The van der Waals surface area contributed by atoms with E-state index in [1.165, 1.54) is 22.3 Å². The first-order valence-corrected chi connectivity index (χ1v) is 11.1. The third kappa shape index (κ3) is 4.22. The maximum Gasteiger partial charge on any atom is 0.156 e. The van der Waals surface area contributed by atoms with E-state index in [9.17, 15) is 5.11 Å². The van der Waals surface area contributed by atoms with E-state index in [-0.39, 0.29) is 0 Å². The summed E-state index contributed by atoms with van der Waals surface area (Å²) in [6, 6.07) is 18.9. The van der Waals surface area contributed by atoms with Crippen LogP contribution in [0, 0.1) is 13.8 Å². The van der Waals surface area contributed by atoms with Crippen LogP contribution in [0.15, 0.2) is 67.0 Å². The molecule has 5 nitrogen and oxygen atoms in total. The number of hydrogen-bond acceptors (Lipinski definition) is 5. The fraction of sp³-hybridized carbons (Fsp3) is 0.259. The van der Waals surface area contributed by atoms with E-state index in [0.717, 1.165) is 40.8 Å². The normalized spacial score (nSPS) is 14.5. The quantitative estimate of drug-likeness (QED) is 0.377. The molecule has 1 aliphatic carbocycles. The van der Waals surface area contributed by atoms with Crippen LogP contribution in [-0.2, 0) is 6.54 Å². The second-order valence-electron chi connectivity index (χ2n) is 8.82. The van der Waals surface area contributed by atoms with Crippen LogP contribution in [0.5, 0.6) is 0 Å². The van der Waals surface area contributed by atoms with Crippen LogP contribution in [0.4, 0.5) is 11.5 Å². The van der Waals surface area contributed by atoms with Gasteiger partial charge in [-0.15, -0.1) is 0 Å². The molecular formula is C27H28N4O. The molecule has 1 saturated carbocycles. The minimum atomic E-state index is -0.490. The fourth-order valence-corrected chi connectivity index (χ4v) is 4.12. The maximum absolute atomic E-state index is 9.99. The summed E-state index contributed by atoms with van der Waals surface area (Å²) in [5, 5.41) is 17.9. The Balaban J connectivity index is 1.40. The second-order valence-corrected chi connectivity index (χ2v) is 8.82. The lowest BCUT2D eigenvalue weighted by atomic mass is 9.95. The molecule has 0 aliphatic heterocycles. The van der Waals surface area contributed by atoms with Gasteiger partial charge in [0.25, 0.3) is 0 Å². The number of aryl methyl sites for hydroxylation is 1. The summed E-state index contributed by atoms with van der Waals surface area (Å²) >= 11 is 0. The number of rotatable bonds is 7. The minimum Gasteiger partial charge on any atom is -0.389 e. The third-order valence-electron chi connectivity index (χ3n) is 6.29. The van der Waals surface area contributed by atoms with Gasteiger partial charge in [0.15, 0.2) is 5.82 Å². The van der Waals surface area contributed by atoms with Gasteiger partial charge in [-0.2, -0.15) is 0 Å². The van der Waals surface area contributed by atoms with Gasteiger partial charge in [-0.1, -0.05) is 36.4 Å². The molecule has 2 aromatic heterocycles. The molecule has 0 unspecified atom stereocenters. The standard InChI is InChI=1S/C27H28N4O/c1-18-6-3-4-7-22(18)23-8-5-9-24(19(23)2)31-26-25-21(10-13-29-26)14-20(16-30-25)15-28-17-27(32)11-12-27/h3-10,13-14,16,28,32H,11-12,15,17H2,1-2H3,(H,29,31). The Morgan fingerprint density at radius 1 is 0.969 bits per heavy atom. The Bertz CT molecular complexity index is 1280. The average molecular weight is 425 g/mol. The van der Waals surface area contributed by atoms with E-state index >= 15 is 0 Å². The third-order valence-corrected chi connectivity index (χ3v) is 6.29. The van der Waals surface area contributed by atoms with Gasteiger partial charge in [0.2, 0.25) is 0 Å². The molecule has 3 N–H and O–H groups in total. The molecule has 1 fully saturated rings. The van der Waals surface area contributed by atoms with Crippen LogP contribution in [0.1, 0.15) is 29.5 Å². The Kier molecular flexibility index (Phi) is 5.37. The lowest BCUT2D eigenvalue weighted by Gasteiger charge is -2.15.